The van der Waals surface area contributed by atoms with Crippen molar-refractivity contribution in [2.24, 2.45) is 0 Å². The van der Waals surface area contributed by atoms with Crippen LogP contribution in [-0.4, -0.2) is 29.1 Å². The second-order valence-corrected chi connectivity index (χ2v) is 12.8. The number of aryl methyl sites for hydroxylation is 1. The van der Waals surface area contributed by atoms with Gasteiger partial charge in [-0.15, -0.1) is 0 Å². The van der Waals surface area contributed by atoms with Gasteiger partial charge in [-0.1, -0.05) is 45.4 Å². The van der Waals surface area contributed by atoms with Crippen molar-refractivity contribution in [3.8, 4) is 11.5 Å². The summed E-state index contributed by atoms with van der Waals surface area (Å²) in [5.41, 5.74) is 1.69. The van der Waals surface area contributed by atoms with E-state index in [-0.39, 0.29) is 33.1 Å². The first-order chi connectivity index (χ1) is 16.3. The number of ether oxygens (including phenoxy) is 1. The summed E-state index contributed by atoms with van der Waals surface area (Å²) in [7, 11) is -7.69. The van der Waals surface area contributed by atoms with E-state index in [4.69, 9.17) is 4.74 Å². The molecule has 0 fully saturated rings. The Morgan fingerprint density at radius 1 is 0.743 bits per heavy atom. The van der Waals surface area contributed by atoms with E-state index in [0.717, 1.165) is 5.56 Å². The van der Waals surface area contributed by atoms with E-state index in [9.17, 15) is 21.9 Å². The van der Waals surface area contributed by atoms with Crippen LogP contribution in [0.2, 0.25) is 0 Å². The molecule has 0 spiro atoms. The Hall–Kier alpha value is -3.04. The Morgan fingerprint density at radius 2 is 1.14 bits per heavy atom. The van der Waals surface area contributed by atoms with E-state index in [1.807, 2.05) is 34.6 Å². The highest BCUT2D eigenvalue weighted by Crippen LogP contribution is 2.40. The molecule has 3 rings (SSSR count). The lowest BCUT2D eigenvalue weighted by Gasteiger charge is -2.27. The normalized spacial score (nSPS) is 12.2. The number of hydrogen-bond acceptors (Lipinski definition) is 6. The summed E-state index contributed by atoms with van der Waals surface area (Å²) in [6.07, 6.45) is 0. The third-order valence-corrected chi connectivity index (χ3v) is 9.93. The number of hydrogen-bond donors (Lipinski definition) is 1. The second kappa shape index (κ2) is 9.91. The van der Waals surface area contributed by atoms with E-state index < -0.39 is 20.0 Å². The topological polar surface area (TPSA) is 101 Å². The molecule has 0 aliphatic carbocycles. The number of rotatable bonds is 8. The fourth-order valence-electron chi connectivity index (χ4n) is 3.71. The Bertz CT molecular complexity index is 1380. The van der Waals surface area contributed by atoms with E-state index in [2.05, 4.69) is 0 Å². The highest BCUT2D eigenvalue weighted by atomic mass is 32.3. The molecule has 7 nitrogen and oxygen atoms in total. The third kappa shape index (κ3) is 5.16. The van der Waals surface area contributed by atoms with Crippen LogP contribution >= 0.6 is 0 Å². The Morgan fingerprint density at radius 3 is 1.51 bits per heavy atom. The summed E-state index contributed by atoms with van der Waals surface area (Å²) in [5, 5.41) is 10.8. The molecule has 0 aliphatic rings. The first kappa shape index (κ1) is 26.6. The van der Waals surface area contributed by atoms with Gasteiger partial charge in [0.05, 0.1) is 22.6 Å². The van der Waals surface area contributed by atoms with Crippen LogP contribution < -0.4 is 8.45 Å². The Labute approximate surface area is 208 Å². The molecule has 0 radical (unpaired) electrons. The van der Waals surface area contributed by atoms with Crippen molar-refractivity contribution in [2.75, 3.05) is 10.8 Å². The predicted molar refractivity (Wildman–Crippen MR) is 137 cm³/mol. The van der Waals surface area contributed by atoms with Crippen molar-refractivity contribution in [2.45, 2.75) is 56.2 Å². The van der Waals surface area contributed by atoms with Crippen molar-refractivity contribution in [1.82, 2.24) is 0 Å². The zero-order valence-electron chi connectivity index (χ0n) is 20.7. The summed E-state index contributed by atoms with van der Waals surface area (Å²) < 4.78 is 61.2. The number of methoxy groups -OCH3 is 1. The molecule has 0 aromatic heterocycles. The molecule has 3 aromatic rings. The standard InChI is InChI=1S/C26H31NO6S2/c1-17(2)24-15-20(16-25(18(3)4)26(24)28)27(34(29,30)22-11-7-19(5)8-12-22)35(31,32)23-13-9-21(33-6)10-14-23/h7-18,28H,1-6H3. The quantitative estimate of drug-likeness (QED) is 0.421. The van der Waals surface area contributed by atoms with Gasteiger partial charge in [0.15, 0.2) is 0 Å². The number of benzene rings is 3. The maximum absolute atomic E-state index is 13.9. The van der Waals surface area contributed by atoms with Gasteiger partial charge in [-0.05, 0) is 78.4 Å². The largest absolute Gasteiger partial charge is 0.507 e. The van der Waals surface area contributed by atoms with Gasteiger partial charge >= 0.3 is 0 Å². The van der Waals surface area contributed by atoms with E-state index in [1.165, 1.54) is 55.6 Å². The van der Waals surface area contributed by atoms with Gasteiger partial charge in [-0.2, -0.15) is 3.71 Å². The third-order valence-electron chi connectivity index (χ3n) is 5.72. The van der Waals surface area contributed by atoms with Crippen molar-refractivity contribution in [3.05, 3.63) is 77.4 Å². The molecular weight excluding hydrogens is 486 g/mol. The summed E-state index contributed by atoms with van der Waals surface area (Å²) >= 11 is 0. The van der Waals surface area contributed by atoms with Crippen LogP contribution in [0.1, 0.15) is 56.2 Å². The van der Waals surface area contributed by atoms with Gasteiger partial charge in [0, 0.05) is 0 Å². The average Bonchev–Trinajstić information content (AvgIpc) is 2.79. The molecule has 0 amide bonds. The summed E-state index contributed by atoms with van der Waals surface area (Å²) in [6, 6.07) is 14.4. The molecular formula is C26H31NO6S2. The monoisotopic (exact) mass is 517 g/mol. The molecule has 0 unspecified atom stereocenters. The molecule has 0 saturated carbocycles. The molecule has 3 aromatic carbocycles. The van der Waals surface area contributed by atoms with Crippen LogP contribution in [0, 0.1) is 6.92 Å². The molecule has 9 heteroatoms. The molecule has 0 atom stereocenters. The van der Waals surface area contributed by atoms with Gasteiger partial charge in [0.1, 0.15) is 11.5 Å². The molecule has 1 N–H and O–H groups in total. The van der Waals surface area contributed by atoms with Crippen LogP contribution in [0.15, 0.2) is 70.5 Å². The van der Waals surface area contributed by atoms with Crippen LogP contribution in [0.25, 0.3) is 0 Å². The first-order valence-corrected chi connectivity index (χ1v) is 14.1. The van der Waals surface area contributed by atoms with Crippen LogP contribution in [0.4, 0.5) is 5.69 Å². The van der Waals surface area contributed by atoms with Crippen molar-refractivity contribution < 1.29 is 26.7 Å². The zero-order chi connectivity index (χ0) is 26.1. The molecule has 35 heavy (non-hydrogen) atoms. The van der Waals surface area contributed by atoms with E-state index >= 15 is 0 Å². The number of phenols is 1. The van der Waals surface area contributed by atoms with Crippen molar-refractivity contribution >= 4 is 25.7 Å². The molecule has 0 heterocycles. The lowest BCUT2D eigenvalue weighted by molar-refractivity contribution is 0.414. The van der Waals surface area contributed by atoms with Crippen molar-refractivity contribution in [1.29, 1.82) is 0 Å². The maximum atomic E-state index is 13.9. The van der Waals surface area contributed by atoms with Crippen LogP contribution in [-0.2, 0) is 20.0 Å². The fraction of sp³-hybridized carbons (Fsp3) is 0.308. The molecule has 0 bridgehead atoms. The highest BCUT2D eigenvalue weighted by Gasteiger charge is 2.38. The molecule has 0 aliphatic heterocycles. The minimum Gasteiger partial charge on any atom is -0.507 e. The minimum atomic E-state index is -4.58. The van der Waals surface area contributed by atoms with Gasteiger partial charge in [-0.25, -0.2) is 16.8 Å². The van der Waals surface area contributed by atoms with E-state index in [1.54, 1.807) is 12.1 Å². The van der Waals surface area contributed by atoms with Gasteiger partial charge in [0.2, 0.25) is 0 Å². The average molecular weight is 518 g/mol. The molecule has 0 saturated heterocycles. The van der Waals surface area contributed by atoms with Gasteiger partial charge < -0.3 is 9.84 Å². The van der Waals surface area contributed by atoms with Crippen LogP contribution in [0.3, 0.4) is 0 Å². The number of anilines is 1. The van der Waals surface area contributed by atoms with Gasteiger partial charge in [-0.3, -0.25) is 0 Å². The van der Waals surface area contributed by atoms with E-state index in [0.29, 0.717) is 20.6 Å². The van der Waals surface area contributed by atoms with Crippen molar-refractivity contribution in [3.63, 3.8) is 0 Å². The van der Waals surface area contributed by atoms with Crippen LogP contribution in [0.5, 0.6) is 11.5 Å². The predicted octanol–water partition coefficient (Wildman–Crippen LogP) is 5.54. The maximum Gasteiger partial charge on any atom is 0.277 e. The number of aromatic hydroxyl groups is 1. The smallest absolute Gasteiger partial charge is 0.277 e. The first-order valence-electron chi connectivity index (χ1n) is 11.2. The second-order valence-electron chi connectivity index (χ2n) is 8.98. The fourth-order valence-corrected chi connectivity index (χ4v) is 7.36. The lowest BCUT2D eigenvalue weighted by atomic mass is 9.93. The lowest BCUT2D eigenvalue weighted by Crippen LogP contribution is -2.37. The highest BCUT2D eigenvalue weighted by molar-refractivity contribution is 8.10. The SMILES string of the molecule is COc1ccc(S(=O)(=O)N(c2cc(C(C)C)c(O)c(C(C)C)c2)S(=O)(=O)c2ccc(C)cc2)cc1. The number of phenolic OH excluding ortho intramolecular Hbond substituents is 1. The Balaban J connectivity index is 2.38. The summed E-state index contributed by atoms with van der Waals surface area (Å²) in [6.45, 7) is 9.20. The number of sulfonamides is 2. The number of nitrogens with zero attached hydrogens (tertiary/aromatic N) is 1. The summed E-state index contributed by atoms with van der Waals surface area (Å²) in [5.74, 6) is 0.110. The Kier molecular flexibility index (Phi) is 7.52. The minimum absolute atomic E-state index is 0.0354. The summed E-state index contributed by atoms with van der Waals surface area (Å²) in [4.78, 5) is -0.371. The molecule has 188 valence electrons. The van der Waals surface area contributed by atoms with Gasteiger partial charge in [0.25, 0.3) is 20.0 Å². The zero-order valence-corrected chi connectivity index (χ0v) is 22.3.